The van der Waals surface area contributed by atoms with Gasteiger partial charge in [-0.2, -0.15) is 4.31 Å². The summed E-state index contributed by atoms with van der Waals surface area (Å²) in [5.41, 5.74) is -0.654. The van der Waals surface area contributed by atoms with E-state index in [0.29, 0.717) is 30.2 Å². The van der Waals surface area contributed by atoms with Gasteiger partial charge in [-0.3, -0.25) is 4.79 Å². The minimum absolute atomic E-state index is 0.0697. The zero-order valence-corrected chi connectivity index (χ0v) is 21.5. The third-order valence-corrected chi connectivity index (χ3v) is 7.99. The average Bonchev–Trinajstić information content (AvgIpc) is 2.82. The van der Waals surface area contributed by atoms with Gasteiger partial charge in [0.2, 0.25) is 15.9 Å². The summed E-state index contributed by atoms with van der Waals surface area (Å²) >= 11 is 5.86. The normalized spacial score (nSPS) is 15.6. The zero-order chi connectivity index (χ0) is 26.6. The fraction of sp³-hybridized carbons (Fsp3) is 0.458. The highest BCUT2D eigenvalue weighted by atomic mass is 35.5. The van der Waals surface area contributed by atoms with E-state index in [2.05, 4.69) is 4.74 Å². The molecule has 0 unspecified atom stereocenters. The van der Waals surface area contributed by atoms with Crippen LogP contribution in [-0.2, 0) is 14.8 Å². The number of hydrogen-bond acceptors (Lipinski definition) is 5. The Labute approximate surface area is 213 Å². The van der Waals surface area contributed by atoms with E-state index in [1.807, 2.05) is 13.8 Å². The molecule has 2 aromatic rings. The molecule has 1 aliphatic rings. The number of piperazine rings is 1. The van der Waals surface area contributed by atoms with Crippen molar-refractivity contribution in [3.05, 3.63) is 53.6 Å². The first-order valence-corrected chi connectivity index (χ1v) is 13.1. The monoisotopic (exact) mass is 548 g/mol. The summed E-state index contributed by atoms with van der Waals surface area (Å²) in [4.78, 5) is 14.6. The Balaban J connectivity index is 1.50. The molecule has 0 N–H and O–H groups in total. The lowest BCUT2D eigenvalue weighted by Crippen LogP contribution is -2.53. The molecule has 3 rings (SSSR count). The number of carbonyl (C=O) groups is 1. The number of carbonyl (C=O) groups excluding carboxylic acids is 1. The second kappa shape index (κ2) is 11.3. The largest absolute Gasteiger partial charge is 0.573 e. The van der Waals surface area contributed by atoms with Crippen molar-refractivity contribution in [3.63, 3.8) is 0 Å². The van der Waals surface area contributed by atoms with Crippen molar-refractivity contribution >= 4 is 27.5 Å². The van der Waals surface area contributed by atoms with Gasteiger partial charge in [0.05, 0.1) is 11.5 Å². The number of rotatable bonds is 9. The van der Waals surface area contributed by atoms with Crippen LogP contribution >= 0.6 is 11.6 Å². The summed E-state index contributed by atoms with van der Waals surface area (Å²) < 4.78 is 73.5. The van der Waals surface area contributed by atoms with Gasteiger partial charge >= 0.3 is 6.36 Å². The molecular weight excluding hydrogens is 521 g/mol. The lowest BCUT2D eigenvalue weighted by atomic mass is 9.86. The zero-order valence-electron chi connectivity index (χ0n) is 19.9. The number of hydrogen-bond donors (Lipinski definition) is 0. The highest BCUT2D eigenvalue weighted by Gasteiger charge is 2.36. The van der Waals surface area contributed by atoms with E-state index in [1.165, 1.54) is 4.31 Å². The van der Waals surface area contributed by atoms with E-state index >= 15 is 0 Å². The van der Waals surface area contributed by atoms with Gasteiger partial charge in [0.1, 0.15) is 11.5 Å². The van der Waals surface area contributed by atoms with Crippen LogP contribution in [0.1, 0.15) is 26.7 Å². The molecule has 0 atom stereocenters. The number of halogens is 4. The molecule has 198 valence electrons. The van der Waals surface area contributed by atoms with Gasteiger partial charge in [0, 0.05) is 36.6 Å². The van der Waals surface area contributed by atoms with Crippen molar-refractivity contribution in [2.45, 2.75) is 37.9 Å². The Morgan fingerprint density at radius 3 is 2.06 bits per heavy atom. The summed E-state index contributed by atoms with van der Waals surface area (Å²) in [6.07, 6.45) is -3.62. The number of ether oxygens (including phenoxy) is 2. The molecule has 1 fully saturated rings. The fourth-order valence-electron chi connectivity index (χ4n) is 3.86. The predicted octanol–water partition coefficient (Wildman–Crippen LogP) is 4.96. The van der Waals surface area contributed by atoms with E-state index in [9.17, 15) is 26.4 Å². The van der Waals surface area contributed by atoms with Crippen LogP contribution in [-0.4, -0.2) is 62.7 Å². The smallest absolute Gasteiger partial charge is 0.494 e. The highest BCUT2D eigenvalue weighted by Crippen LogP contribution is 2.28. The molecule has 7 nitrogen and oxygen atoms in total. The summed E-state index contributed by atoms with van der Waals surface area (Å²) in [7, 11) is -3.92. The molecule has 0 bridgehead atoms. The molecular formula is C24H28ClF3N2O5S. The molecule has 2 aromatic carbocycles. The first-order chi connectivity index (χ1) is 16.8. The second-order valence-corrected chi connectivity index (χ2v) is 11.4. The van der Waals surface area contributed by atoms with E-state index in [1.54, 1.807) is 29.2 Å². The number of benzene rings is 2. The number of nitrogens with zero attached hydrogens (tertiary/aromatic N) is 2. The van der Waals surface area contributed by atoms with Gasteiger partial charge in [0.15, 0.2) is 0 Å². The van der Waals surface area contributed by atoms with Crippen molar-refractivity contribution in [1.29, 1.82) is 0 Å². The quantitative estimate of drug-likeness (QED) is 0.414. The average molecular weight is 549 g/mol. The maximum Gasteiger partial charge on any atom is 0.573 e. The van der Waals surface area contributed by atoms with Crippen LogP contribution < -0.4 is 9.47 Å². The molecule has 0 saturated carbocycles. The molecule has 0 aliphatic carbocycles. The van der Waals surface area contributed by atoms with Crippen LogP contribution in [0.25, 0.3) is 0 Å². The van der Waals surface area contributed by atoms with Crippen LogP contribution in [0.15, 0.2) is 53.4 Å². The Morgan fingerprint density at radius 2 is 1.50 bits per heavy atom. The molecule has 1 aliphatic heterocycles. The number of sulfonamides is 1. The summed E-state index contributed by atoms with van der Waals surface area (Å²) in [6, 6.07) is 11.1. The maximum atomic E-state index is 13.1. The number of alkyl halides is 3. The predicted molar refractivity (Wildman–Crippen MR) is 128 cm³/mol. The van der Waals surface area contributed by atoms with Crippen molar-refractivity contribution in [3.8, 4) is 11.5 Å². The number of amides is 1. The standard InChI is InChI=1S/C24H28ClF3N2O5S/c1-23(2,12-3-17-34-19-6-4-18(25)5-7-19)22(31)29-13-15-30(16-14-29)36(32,33)21-10-8-20(9-11-21)35-24(26,27)28/h4-11H,3,12-17H2,1-2H3. The van der Waals surface area contributed by atoms with Crippen molar-refractivity contribution in [2.24, 2.45) is 5.41 Å². The van der Waals surface area contributed by atoms with Crippen molar-refractivity contribution in [2.75, 3.05) is 32.8 Å². The molecule has 0 spiro atoms. The second-order valence-electron chi connectivity index (χ2n) is 9.01. The van der Waals surface area contributed by atoms with Crippen LogP contribution in [0.3, 0.4) is 0 Å². The minimum atomic E-state index is -4.86. The molecule has 1 saturated heterocycles. The highest BCUT2D eigenvalue weighted by molar-refractivity contribution is 7.89. The minimum Gasteiger partial charge on any atom is -0.494 e. The van der Waals surface area contributed by atoms with Crippen LogP contribution in [0.4, 0.5) is 13.2 Å². The summed E-state index contributed by atoms with van der Waals surface area (Å²) in [5, 5.41) is 0.621. The van der Waals surface area contributed by atoms with Gasteiger partial charge in [-0.1, -0.05) is 25.4 Å². The lowest BCUT2D eigenvalue weighted by molar-refractivity contribution is -0.274. The fourth-order valence-corrected chi connectivity index (χ4v) is 5.41. The van der Waals surface area contributed by atoms with Crippen LogP contribution in [0.5, 0.6) is 11.5 Å². The first kappa shape index (κ1) is 28.1. The Hall–Kier alpha value is -2.50. The topological polar surface area (TPSA) is 76.2 Å². The maximum absolute atomic E-state index is 13.1. The van der Waals surface area contributed by atoms with Gasteiger partial charge in [-0.15, -0.1) is 13.2 Å². The molecule has 12 heteroatoms. The van der Waals surface area contributed by atoms with E-state index in [4.69, 9.17) is 16.3 Å². The first-order valence-electron chi connectivity index (χ1n) is 11.3. The molecule has 1 amide bonds. The van der Waals surface area contributed by atoms with Gasteiger partial charge < -0.3 is 14.4 Å². The SMILES string of the molecule is CC(C)(CCCOc1ccc(Cl)cc1)C(=O)N1CCN(S(=O)(=O)c2ccc(OC(F)(F)F)cc2)CC1. The van der Waals surface area contributed by atoms with E-state index in [-0.39, 0.29) is 37.0 Å². The van der Waals surface area contributed by atoms with E-state index in [0.717, 1.165) is 24.3 Å². The van der Waals surface area contributed by atoms with Gasteiger partial charge in [0.25, 0.3) is 0 Å². The molecule has 0 aromatic heterocycles. The Morgan fingerprint density at radius 1 is 0.944 bits per heavy atom. The summed E-state index contributed by atoms with van der Waals surface area (Å²) in [5.74, 6) is 0.126. The third-order valence-electron chi connectivity index (χ3n) is 5.83. The molecule has 0 radical (unpaired) electrons. The third kappa shape index (κ3) is 7.50. The van der Waals surface area contributed by atoms with Crippen molar-refractivity contribution in [1.82, 2.24) is 9.21 Å². The van der Waals surface area contributed by atoms with Gasteiger partial charge in [-0.25, -0.2) is 8.42 Å². The van der Waals surface area contributed by atoms with Crippen molar-refractivity contribution < 1.29 is 35.9 Å². The van der Waals surface area contributed by atoms with Crippen LogP contribution in [0.2, 0.25) is 5.02 Å². The molecule has 36 heavy (non-hydrogen) atoms. The van der Waals surface area contributed by atoms with Crippen LogP contribution in [0, 0.1) is 5.41 Å². The Kier molecular flexibility index (Phi) is 8.79. The summed E-state index contributed by atoms with van der Waals surface area (Å²) in [6.45, 7) is 4.76. The lowest BCUT2D eigenvalue weighted by Gasteiger charge is -2.38. The molecule has 1 heterocycles. The van der Waals surface area contributed by atoms with E-state index < -0.39 is 27.6 Å². The van der Waals surface area contributed by atoms with Gasteiger partial charge in [-0.05, 0) is 61.4 Å². The Bertz CT molecular complexity index is 1130.